The Morgan fingerprint density at radius 1 is 1.15 bits per heavy atom. The maximum atomic E-state index is 12.7. The number of hydrogen-bond donors (Lipinski definition) is 3. The predicted octanol–water partition coefficient (Wildman–Crippen LogP) is 3.43. The maximum absolute atomic E-state index is 12.7. The summed E-state index contributed by atoms with van der Waals surface area (Å²) in [4.78, 5) is 15.1. The van der Waals surface area contributed by atoms with E-state index in [9.17, 15) is 4.79 Å². The summed E-state index contributed by atoms with van der Waals surface area (Å²) in [5.74, 6) is 0.0926. The number of nitrogens with two attached hydrogens (primary N) is 1. The van der Waals surface area contributed by atoms with E-state index in [1.54, 1.807) is 0 Å². The number of nitrogens with zero attached hydrogens (tertiary/aromatic N) is 1. The van der Waals surface area contributed by atoms with Crippen LogP contribution in [-0.2, 0) is 4.79 Å². The number of carbonyl (C=O) groups excluding carboxylic acids is 1. The van der Waals surface area contributed by atoms with E-state index in [-0.39, 0.29) is 11.3 Å². The lowest BCUT2D eigenvalue weighted by molar-refractivity contribution is -0.118. The number of hydrogen-bond acceptors (Lipinski definition) is 4. The number of likely N-dealkylation sites (tertiary alicyclic amines) is 1. The molecular weight excluding hydrogens is 324 g/mol. The van der Waals surface area contributed by atoms with Gasteiger partial charge < -0.3 is 21.3 Å². The van der Waals surface area contributed by atoms with Crippen molar-refractivity contribution in [1.82, 2.24) is 4.90 Å². The van der Waals surface area contributed by atoms with Gasteiger partial charge in [-0.05, 0) is 69.9 Å². The van der Waals surface area contributed by atoms with Gasteiger partial charge in [0.2, 0.25) is 5.91 Å². The molecule has 1 aromatic rings. The first-order valence-electron chi connectivity index (χ1n) is 10.1. The molecule has 1 aromatic carbocycles. The van der Waals surface area contributed by atoms with Gasteiger partial charge >= 0.3 is 0 Å². The van der Waals surface area contributed by atoms with Gasteiger partial charge in [-0.15, -0.1) is 0 Å². The molecular formula is C21H34N4O. The predicted molar refractivity (Wildman–Crippen MR) is 108 cm³/mol. The molecule has 1 aliphatic heterocycles. The summed E-state index contributed by atoms with van der Waals surface area (Å²) in [6.07, 6.45) is 8.61. The van der Waals surface area contributed by atoms with Crippen molar-refractivity contribution in [3.63, 3.8) is 0 Å². The minimum atomic E-state index is -0.00133. The molecule has 1 aliphatic carbocycles. The van der Waals surface area contributed by atoms with E-state index >= 15 is 0 Å². The highest BCUT2D eigenvalue weighted by Gasteiger charge is 2.33. The summed E-state index contributed by atoms with van der Waals surface area (Å²) in [6, 6.07) is 8.53. The number of amides is 1. The zero-order chi connectivity index (χ0) is 18.4. The highest BCUT2D eigenvalue weighted by molar-refractivity contribution is 5.94. The van der Waals surface area contributed by atoms with Gasteiger partial charge in [-0.3, -0.25) is 4.79 Å². The minimum absolute atomic E-state index is 0.00133. The molecule has 0 aromatic heterocycles. The molecule has 3 rings (SSSR count). The Balaban J connectivity index is 1.61. The second-order valence-corrected chi connectivity index (χ2v) is 8.26. The van der Waals surface area contributed by atoms with Crippen LogP contribution in [0.4, 0.5) is 11.4 Å². The molecule has 4 N–H and O–H groups in total. The Morgan fingerprint density at radius 2 is 1.81 bits per heavy atom. The van der Waals surface area contributed by atoms with Crippen LogP contribution >= 0.6 is 0 Å². The molecule has 26 heavy (non-hydrogen) atoms. The third kappa shape index (κ3) is 4.98. The van der Waals surface area contributed by atoms with E-state index in [2.05, 4.69) is 28.6 Å². The van der Waals surface area contributed by atoms with Crippen molar-refractivity contribution in [2.75, 3.05) is 37.3 Å². The molecule has 144 valence electrons. The first kappa shape index (κ1) is 19.2. The molecule has 1 amide bonds. The van der Waals surface area contributed by atoms with Crippen molar-refractivity contribution in [3.8, 4) is 0 Å². The first-order valence-corrected chi connectivity index (χ1v) is 10.1. The van der Waals surface area contributed by atoms with Crippen molar-refractivity contribution in [2.45, 2.75) is 57.4 Å². The Morgan fingerprint density at radius 3 is 2.46 bits per heavy atom. The van der Waals surface area contributed by atoms with E-state index in [1.165, 1.54) is 19.3 Å². The van der Waals surface area contributed by atoms with E-state index in [0.717, 1.165) is 50.1 Å². The molecule has 2 fully saturated rings. The van der Waals surface area contributed by atoms with Crippen LogP contribution in [0.5, 0.6) is 0 Å². The van der Waals surface area contributed by atoms with Gasteiger partial charge in [-0.1, -0.05) is 31.4 Å². The lowest BCUT2D eigenvalue weighted by Crippen LogP contribution is -2.37. The molecule has 1 saturated heterocycles. The number of rotatable bonds is 6. The highest BCUT2D eigenvalue weighted by Crippen LogP contribution is 2.38. The Bertz CT molecular complexity index is 589. The summed E-state index contributed by atoms with van der Waals surface area (Å²) in [6.45, 7) is 2.84. The smallest absolute Gasteiger partial charge is 0.225 e. The first-order chi connectivity index (χ1) is 12.6. The summed E-state index contributed by atoms with van der Waals surface area (Å²) in [7, 11) is 2.17. The molecule has 0 unspecified atom stereocenters. The van der Waals surface area contributed by atoms with Crippen LogP contribution in [0.15, 0.2) is 24.3 Å². The lowest BCUT2D eigenvalue weighted by Gasteiger charge is -2.35. The zero-order valence-electron chi connectivity index (χ0n) is 16.1. The fourth-order valence-corrected chi connectivity index (χ4v) is 4.38. The average Bonchev–Trinajstić information content (AvgIpc) is 2.66. The number of piperidine rings is 1. The maximum Gasteiger partial charge on any atom is 0.225 e. The highest BCUT2D eigenvalue weighted by atomic mass is 16.1. The summed E-state index contributed by atoms with van der Waals surface area (Å²) >= 11 is 0. The van der Waals surface area contributed by atoms with Crippen molar-refractivity contribution in [2.24, 2.45) is 11.1 Å². The molecule has 0 bridgehead atoms. The fraction of sp³-hybridized carbons (Fsp3) is 0.667. The molecule has 0 spiro atoms. The van der Waals surface area contributed by atoms with Crippen molar-refractivity contribution >= 4 is 17.3 Å². The van der Waals surface area contributed by atoms with Crippen LogP contribution in [0, 0.1) is 5.41 Å². The number of nitrogens with one attached hydrogen (secondary N) is 2. The van der Waals surface area contributed by atoms with Gasteiger partial charge in [0.15, 0.2) is 0 Å². The van der Waals surface area contributed by atoms with Crippen molar-refractivity contribution in [3.05, 3.63) is 24.3 Å². The van der Waals surface area contributed by atoms with E-state index in [0.29, 0.717) is 19.0 Å². The quantitative estimate of drug-likeness (QED) is 0.729. The Labute approximate surface area is 157 Å². The molecule has 1 saturated carbocycles. The number of para-hydroxylation sites is 2. The second-order valence-electron chi connectivity index (χ2n) is 8.26. The SMILES string of the molecule is CN1CCC(Nc2ccccc2NC(=O)CC2(CN)CCCCC2)CC1. The van der Waals surface area contributed by atoms with Gasteiger partial charge in [0.25, 0.3) is 0 Å². The van der Waals surface area contributed by atoms with Crippen LogP contribution in [-0.4, -0.2) is 43.5 Å². The van der Waals surface area contributed by atoms with Gasteiger partial charge in [0.1, 0.15) is 0 Å². The molecule has 1 heterocycles. The summed E-state index contributed by atoms with van der Waals surface area (Å²) < 4.78 is 0. The minimum Gasteiger partial charge on any atom is -0.381 e. The Hall–Kier alpha value is -1.59. The van der Waals surface area contributed by atoms with E-state index < -0.39 is 0 Å². The standard InChI is InChI=1S/C21H34N4O/c1-25-13-9-17(10-14-25)23-18-7-3-4-8-19(18)24-20(26)15-21(16-22)11-5-2-6-12-21/h3-4,7-8,17,23H,2,5-6,9-16,22H2,1H3,(H,24,26). The topological polar surface area (TPSA) is 70.4 Å². The number of benzene rings is 1. The van der Waals surface area contributed by atoms with Gasteiger partial charge in [-0.25, -0.2) is 0 Å². The summed E-state index contributed by atoms with van der Waals surface area (Å²) in [5, 5.41) is 6.78. The second kappa shape index (κ2) is 8.87. The molecule has 0 radical (unpaired) electrons. The van der Waals surface area contributed by atoms with Crippen LogP contribution in [0.3, 0.4) is 0 Å². The largest absolute Gasteiger partial charge is 0.381 e. The molecule has 5 nitrogen and oxygen atoms in total. The monoisotopic (exact) mass is 358 g/mol. The third-order valence-electron chi connectivity index (χ3n) is 6.16. The Kier molecular flexibility index (Phi) is 6.54. The third-order valence-corrected chi connectivity index (χ3v) is 6.16. The van der Waals surface area contributed by atoms with Crippen LogP contribution < -0.4 is 16.4 Å². The number of anilines is 2. The van der Waals surface area contributed by atoms with Gasteiger partial charge in [0.05, 0.1) is 11.4 Å². The molecule has 0 atom stereocenters. The lowest BCUT2D eigenvalue weighted by atomic mass is 9.71. The van der Waals surface area contributed by atoms with Gasteiger partial charge in [0, 0.05) is 12.5 Å². The van der Waals surface area contributed by atoms with E-state index in [4.69, 9.17) is 5.73 Å². The fourth-order valence-electron chi connectivity index (χ4n) is 4.38. The normalized spacial score (nSPS) is 21.3. The van der Waals surface area contributed by atoms with Crippen LogP contribution in [0.1, 0.15) is 51.4 Å². The van der Waals surface area contributed by atoms with Gasteiger partial charge in [-0.2, -0.15) is 0 Å². The average molecular weight is 359 g/mol. The van der Waals surface area contributed by atoms with Crippen molar-refractivity contribution in [1.29, 1.82) is 0 Å². The van der Waals surface area contributed by atoms with E-state index in [1.807, 2.05) is 18.2 Å². The number of carbonyl (C=O) groups is 1. The van der Waals surface area contributed by atoms with Crippen molar-refractivity contribution < 1.29 is 4.79 Å². The summed E-state index contributed by atoms with van der Waals surface area (Å²) in [5.41, 5.74) is 7.96. The zero-order valence-corrected chi connectivity index (χ0v) is 16.1. The van der Waals surface area contributed by atoms with Crippen LogP contribution in [0.25, 0.3) is 0 Å². The molecule has 5 heteroatoms. The molecule has 2 aliphatic rings. The van der Waals surface area contributed by atoms with Crippen LogP contribution in [0.2, 0.25) is 0 Å².